The average Bonchev–Trinajstić information content (AvgIpc) is 2.23. The second-order valence-electron chi connectivity index (χ2n) is 4.17. The molecule has 0 saturated carbocycles. The maximum Gasteiger partial charge on any atom is 0.234 e. The summed E-state index contributed by atoms with van der Waals surface area (Å²) < 4.78 is 0. The lowest BCUT2D eigenvalue weighted by Crippen LogP contribution is -2.45. The lowest BCUT2D eigenvalue weighted by Gasteiger charge is -2.24. The minimum atomic E-state index is -0.821. The van der Waals surface area contributed by atoms with Gasteiger partial charge >= 0.3 is 0 Å². The Morgan fingerprint density at radius 1 is 1.44 bits per heavy atom. The Hall–Kier alpha value is -0.260. The minimum Gasteiger partial charge on any atom is -0.387 e. The number of thioether (sulfide) groups is 1. The summed E-state index contributed by atoms with van der Waals surface area (Å²) in [6, 6.07) is 0. The van der Waals surface area contributed by atoms with Gasteiger partial charge in [-0.15, -0.1) is 0 Å². The second kappa shape index (κ2) is 7.92. The van der Waals surface area contributed by atoms with Gasteiger partial charge in [0.05, 0.1) is 12.1 Å². The first kappa shape index (κ1) is 15.7. The van der Waals surface area contributed by atoms with E-state index in [-0.39, 0.29) is 5.91 Å². The predicted octanol–water partition coefficient (Wildman–Crippen LogP) is 0.558. The van der Waals surface area contributed by atoms with E-state index in [0.717, 1.165) is 13.1 Å². The number of aliphatic hydroxyl groups is 1. The van der Waals surface area contributed by atoms with E-state index in [4.69, 9.17) is 0 Å². The van der Waals surface area contributed by atoms with Crippen LogP contribution >= 0.6 is 11.8 Å². The number of amides is 1. The van der Waals surface area contributed by atoms with Gasteiger partial charge in [0.15, 0.2) is 0 Å². The molecule has 0 aliphatic rings. The third-order valence-electron chi connectivity index (χ3n) is 2.38. The van der Waals surface area contributed by atoms with Gasteiger partial charge in [0.2, 0.25) is 5.91 Å². The van der Waals surface area contributed by atoms with Crippen LogP contribution in [0.5, 0.6) is 0 Å². The van der Waals surface area contributed by atoms with Crippen molar-refractivity contribution in [1.82, 2.24) is 10.2 Å². The first-order valence-corrected chi connectivity index (χ1v) is 7.05. The van der Waals surface area contributed by atoms with Crippen molar-refractivity contribution in [3.63, 3.8) is 0 Å². The van der Waals surface area contributed by atoms with Crippen LogP contribution in [0.25, 0.3) is 0 Å². The van der Waals surface area contributed by atoms with Crippen molar-refractivity contribution >= 4 is 17.7 Å². The highest BCUT2D eigenvalue weighted by Gasteiger charge is 2.20. The Kier molecular flexibility index (Phi) is 7.80. The van der Waals surface area contributed by atoms with Gasteiger partial charge in [0.25, 0.3) is 0 Å². The van der Waals surface area contributed by atoms with Crippen molar-refractivity contribution < 1.29 is 9.90 Å². The molecule has 4 nitrogen and oxygen atoms in total. The van der Waals surface area contributed by atoms with Crippen molar-refractivity contribution in [1.29, 1.82) is 0 Å². The number of nitrogens with one attached hydrogen (secondary N) is 1. The molecule has 0 saturated heterocycles. The van der Waals surface area contributed by atoms with E-state index in [9.17, 15) is 9.90 Å². The summed E-state index contributed by atoms with van der Waals surface area (Å²) in [6.45, 7) is 8.25. The molecule has 1 atom stereocenters. The van der Waals surface area contributed by atoms with Crippen LogP contribution in [0.4, 0.5) is 0 Å². The molecule has 1 amide bonds. The highest BCUT2D eigenvalue weighted by Crippen LogP contribution is 2.08. The van der Waals surface area contributed by atoms with Gasteiger partial charge in [-0.3, -0.25) is 9.69 Å². The van der Waals surface area contributed by atoms with E-state index in [1.54, 1.807) is 18.7 Å². The topological polar surface area (TPSA) is 52.6 Å². The van der Waals surface area contributed by atoms with E-state index in [2.05, 4.69) is 5.32 Å². The molecule has 0 spiro atoms. The van der Waals surface area contributed by atoms with Crippen molar-refractivity contribution in [2.45, 2.75) is 26.4 Å². The Morgan fingerprint density at radius 2 is 2.00 bits per heavy atom. The molecule has 0 aromatic rings. The summed E-state index contributed by atoms with van der Waals surface area (Å²) in [6.07, 6.45) is 1.94. The summed E-state index contributed by atoms with van der Waals surface area (Å²) in [5.74, 6) is 0.600. The summed E-state index contributed by atoms with van der Waals surface area (Å²) in [4.78, 5) is 13.6. The Morgan fingerprint density at radius 3 is 2.44 bits per heavy atom. The SMILES string of the molecule is CCN(CC)CC(=O)NCC(C)(O)CSC. The Balaban J connectivity index is 3.88. The lowest BCUT2D eigenvalue weighted by molar-refractivity contribution is -0.123. The van der Waals surface area contributed by atoms with Crippen LogP contribution < -0.4 is 5.32 Å². The number of carbonyl (C=O) groups excluding carboxylic acids is 1. The van der Waals surface area contributed by atoms with Gasteiger partial charge < -0.3 is 10.4 Å². The molecule has 16 heavy (non-hydrogen) atoms. The number of nitrogens with zero attached hydrogens (tertiary/aromatic N) is 1. The van der Waals surface area contributed by atoms with Crippen LogP contribution in [0.2, 0.25) is 0 Å². The van der Waals surface area contributed by atoms with Crippen LogP contribution in [-0.4, -0.2) is 59.7 Å². The third kappa shape index (κ3) is 7.09. The molecule has 0 aliphatic carbocycles. The van der Waals surface area contributed by atoms with Crippen LogP contribution in [0.3, 0.4) is 0 Å². The van der Waals surface area contributed by atoms with Gasteiger partial charge in [-0.05, 0) is 26.3 Å². The number of rotatable bonds is 8. The molecule has 0 rings (SSSR count). The third-order valence-corrected chi connectivity index (χ3v) is 3.29. The van der Waals surface area contributed by atoms with E-state index < -0.39 is 5.60 Å². The van der Waals surface area contributed by atoms with Crippen LogP contribution in [0, 0.1) is 0 Å². The fourth-order valence-corrected chi connectivity index (χ4v) is 2.08. The molecule has 0 radical (unpaired) electrons. The Bertz CT molecular complexity index is 206. The van der Waals surface area contributed by atoms with Crippen molar-refractivity contribution in [3.05, 3.63) is 0 Å². The highest BCUT2D eigenvalue weighted by molar-refractivity contribution is 7.98. The molecular formula is C11H24N2O2S. The quantitative estimate of drug-likeness (QED) is 0.659. The van der Waals surface area contributed by atoms with Gasteiger partial charge in [-0.1, -0.05) is 13.8 Å². The van der Waals surface area contributed by atoms with Gasteiger partial charge in [-0.25, -0.2) is 0 Å². The van der Waals surface area contributed by atoms with Gasteiger partial charge in [0, 0.05) is 12.3 Å². The summed E-state index contributed by atoms with van der Waals surface area (Å²) in [7, 11) is 0. The monoisotopic (exact) mass is 248 g/mol. The van der Waals surface area contributed by atoms with Crippen molar-refractivity contribution in [3.8, 4) is 0 Å². The summed E-state index contributed by atoms with van der Waals surface area (Å²) in [5.41, 5.74) is -0.821. The molecular weight excluding hydrogens is 224 g/mol. The van der Waals surface area contributed by atoms with E-state index >= 15 is 0 Å². The smallest absolute Gasteiger partial charge is 0.234 e. The molecule has 0 aliphatic heterocycles. The largest absolute Gasteiger partial charge is 0.387 e. The standard InChI is InChI=1S/C11H24N2O2S/c1-5-13(6-2)7-10(14)12-8-11(3,15)9-16-4/h15H,5-9H2,1-4H3,(H,12,14). The van der Waals surface area contributed by atoms with Crippen LogP contribution in [0.1, 0.15) is 20.8 Å². The molecule has 0 fully saturated rings. The maximum atomic E-state index is 11.6. The molecule has 0 aromatic heterocycles. The average molecular weight is 248 g/mol. The van der Waals surface area contributed by atoms with Gasteiger partial charge in [0.1, 0.15) is 0 Å². The molecule has 5 heteroatoms. The predicted molar refractivity (Wildman–Crippen MR) is 69.8 cm³/mol. The van der Waals surface area contributed by atoms with E-state index in [0.29, 0.717) is 18.8 Å². The Labute approximate surface area is 103 Å². The first-order chi connectivity index (χ1) is 7.45. The molecule has 1 unspecified atom stereocenters. The highest BCUT2D eigenvalue weighted by atomic mass is 32.2. The first-order valence-electron chi connectivity index (χ1n) is 5.65. The molecule has 2 N–H and O–H groups in total. The lowest BCUT2D eigenvalue weighted by atomic mass is 10.1. The number of hydrogen-bond acceptors (Lipinski definition) is 4. The molecule has 0 bridgehead atoms. The fourth-order valence-electron chi connectivity index (χ4n) is 1.36. The zero-order valence-corrected chi connectivity index (χ0v) is 11.6. The number of carbonyl (C=O) groups is 1. The fraction of sp³-hybridized carbons (Fsp3) is 0.909. The van der Waals surface area contributed by atoms with Gasteiger partial charge in [-0.2, -0.15) is 11.8 Å². The minimum absolute atomic E-state index is 0.0231. The van der Waals surface area contributed by atoms with Crippen molar-refractivity contribution in [2.24, 2.45) is 0 Å². The van der Waals surface area contributed by atoms with Crippen LogP contribution in [-0.2, 0) is 4.79 Å². The van der Waals surface area contributed by atoms with E-state index in [1.807, 2.05) is 25.0 Å². The maximum absolute atomic E-state index is 11.6. The number of likely N-dealkylation sites (N-methyl/N-ethyl adjacent to an activating group) is 1. The van der Waals surface area contributed by atoms with Crippen LogP contribution in [0.15, 0.2) is 0 Å². The molecule has 96 valence electrons. The summed E-state index contributed by atoms with van der Waals surface area (Å²) >= 11 is 1.57. The zero-order chi connectivity index (χ0) is 12.6. The number of hydrogen-bond donors (Lipinski definition) is 2. The van der Waals surface area contributed by atoms with E-state index in [1.165, 1.54) is 0 Å². The molecule has 0 aromatic carbocycles. The second-order valence-corrected chi connectivity index (χ2v) is 5.03. The van der Waals surface area contributed by atoms with Crippen molar-refractivity contribution in [2.75, 3.05) is 38.2 Å². The zero-order valence-electron chi connectivity index (χ0n) is 10.7. The molecule has 0 heterocycles. The normalized spacial score (nSPS) is 14.9. The summed E-state index contributed by atoms with van der Waals surface area (Å²) in [5, 5.41) is 12.6.